The number of rotatable bonds is 3. The van der Waals surface area contributed by atoms with Crippen molar-refractivity contribution in [2.24, 2.45) is 0 Å². The second-order valence-corrected chi connectivity index (χ2v) is 6.46. The summed E-state index contributed by atoms with van der Waals surface area (Å²) in [6, 6.07) is 13.8. The van der Waals surface area contributed by atoms with Gasteiger partial charge in [-0.3, -0.25) is 0 Å². The maximum atomic E-state index is 9.24. The molecular formula is C15H10N6Se. The van der Waals surface area contributed by atoms with E-state index < -0.39 is 0 Å². The van der Waals surface area contributed by atoms with Gasteiger partial charge in [0.2, 0.25) is 0 Å². The Bertz CT molecular complexity index is 917. The number of hydrogen-bond donors (Lipinski definition) is 0. The van der Waals surface area contributed by atoms with Crippen molar-refractivity contribution in [3.05, 3.63) is 41.7 Å². The van der Waals surface area contributed by atoms with E-state index in [-0.39, 0.29) is 15.0 Å². The molecule has 1 aromatic carbocycles. The molecule has 7 heteroatoms. The molecule has 0 aliphatic heterocycles. The first kappa shape index (κ1) is 14.2. The molecule has 0 aliphatic carbocycles. The molecule has 3 aromatic rings. The van der Waals surface area contributed by atoms with E-state index in [2.05, 4.69) is 27.2 Å². The maximum absolute atomic E-state index is 9.24. The van der Waals surface area contributed by atoms with Crippen LogP contribution in [0.4, 0.5) is 0 Å². The van der Waals surface area contributed by atoms with Crippen molar-refractivity contribution >= 4 is 30.7 Å². The zero-order chi connectivity index (χ0) is 15.5. The fraction of sp³-hybridized carbons (Fsp3) is 0.133. The zero-order valence-corrected chi connectivity index (χ0v) is 13.4. The van der Waals surface area contributed by atoms with Crippen LogP contribution in [0.3, 0.4) is 0 Å². The molecule has 22 heavy (non-hydrogen) atoms. The molecule has 3 rings (SSSR count). The van der Waals surface area contributed by atoms with E-state index in [1.807, 2.05) is 37.3 Å². The van der Waals surface area contributed by atoms with Gasteiger partial charge in [0.15, 0.2) is 0 Å². The molecule has 2 aromatic heterocycles. The Kier molecular flexibility index (Phi) is 3.84. The average Bonchev–Trinajstić information content (AvgIpc) is 2.89. The van der Waals surface area contributed by atoms with Crippen LogP contribution in [0.15, 0.2) is 30.3 Å². The first-order valence-corrected chi connectivity index (χ1v) is 8.54. The average molecular weight is 353 g/mol. The van der Waals surface area contributed by atoms with Gasteiger partial charge < -0.3 is 0 Å². The van der Waals surface area contributed by atoms with E-state index >= 15 is 0 Å². The van der Waals surface area contributed by atoms with Crippen LogP contribution >= 0.6 is 0 Å². The number of aromatic nitrogens is 4. The third-order valence-electron chi connectivity index (χ3n) is 3.02. The molecule has 0 fully saturated rings. The van der Waals surface area contributed by atoms with Gasteiger partial charge in [0, 0.05) is 0 Å². The second kappa shape index (κ2) is 5.95. The third-order valence-corrected chi connectivity index (χ3v) is 4.76. The van der Waals surface area contributed by atoms with Gasteiger partial charge in [-0.15, -0.1) is 0 Å². The quantitative estimate of drug-likeness (QED) is 0.661. The van der Waals surface area contributed by atoms with Gasteiger partial charge in [-0.1, -0.05) is 0 Å². The second-order valence-electron chi connectivity index (χ2n) is 4.44. The van der Waals surface area contributed by atoms with Crippen molar-refractivity contribution < 1.29 is 0 Å². The topological polar surface area (TPSA) is 91.2 Å². The van der Waals surface area contributed by atoms with E-state index in [1.54, 1.807) is 4.68 Å². The van der Waals surface area contributed by atoms with Crippen molar-refractivity contribution in [2.75, 3.05) is 0 Å². The molecule has 106 valence electrons. The minimum atomic E-state index is -0.194. The third kappa shape index (κ3) is 2.44. The van der Waals surface area contributed by atoms with E-state index in [1.165, 1.54) is 0 Å². The normalized spacial score (nSPS) is 10.3. The summed E-state index contributed by atoms with van der Waals surface area (Å²) in [5.74, 6) is 0. The first-order valence-electron chi connectivity index (χ1n) is 6.47. The number of aryl methyl sites for hydroxylation is 1. The van der Waals surface area contributed by atoms with E-state index in [0.29, 0.717) is 26.8 Å². The Morgan fingerprint density at radius 3 is 2.64 bits per heavy atom. The molecule has 0 aliphatic rings. The SMILES string of the molecule is Cc1nn(-c2ccccc2)c2nc([Se]CC#N)c(C#N)nc12. The van der Waals surface area contributed by atoms with Crippen LogP contribution in [-0.2, 0) is 0 Å². The number of hydrogen-bond acceptors (Lipinski definition) is 5. The number of para-hydroxylation sites is 1. The Labute approximate surface area is 133 Å². The molecule has 2 heterocycles. The van der Waals surface area contributed by atoms with Crippen LogP contribution in [0.5, 0.6) is 0 Å². The molecule has 0 bridgehead atoms. The number of nitrogens with zero attached hydrogens (tertiary/aromatic N) is 6. The fourth-order valence-electron chi connectivity index (χ4n) is 2.07. The molecule has 0 N–H and O–H groups in total. The van der Waals surface area contributed by atoms with E-state index in [4.69, 9.17) is 5.26 Å². The van der Waals surface area contributed by atoms with Crippen molar-refractivity contribution in [3.63, 3.8) is 0 Å². The van der Waals surface area contributed by atoms with Gasteiger partial charge in [-0.2, -0.15) is 0 Å². The van der Waals surface area contributed by atoms with Crippen molar-refractivity contribution in [2.45, 2.75) is 12.2 Å². The Morgan fingerprint density at radius 1 is 1.18 bits per heavy atom. The van der Waals surface area contributed by atoms with Crippen molar-refractivity contribution in [3.8, 4) is 17.8 Å². The van der Waals surface area contributed by atoms with Crippen molar-refractivity contribution in [1.82, 2.24) is 19.7 Å². The van der Waals surface area contributed by atoms with Crippen LogP contribution in [0.25, 0.3) is 16.9 Å². The van der Waals surface area contributed by atoms with Gasteiger partial charge in [0.05, 0.1) is 0 Å². The predicted octanol–water partition coefficient (Wildman–Crippen LogP) is 1.27. The molecule has 6 nitrogen and oxygen atoms in total. The predicted molar refractivity (Wildman–Crippen MR) is 81.9 cm³/mol. The summed E-state index contributed by atoms with van der Waals surface area (Å²) in [4.78, 5) is 8.96. The van der Waals surface area contributed by atoms with E-state index in [0.717, 1.165) is 11.4 Å². The molecule has 0 amide bonds. The number of fused-ring (bicyclic) bond motifs is 1. The molecule has 0 saturated heterocycles. The van der Waals surface area contributed by atoms with Gasteiger partial charge in [-0.05, 0) is 0 Å². The van der Waals surface area contributed by atoms with Crippen LogP contribution in [0.1, 0.15) is 11.4 Å². The fourth-order valence-corrected chi connectivity index (χ4v) is 3.29. The molecular weight excluding hydrogens is 343 g/mol. The summed E-state index contributed by atoms with van der Waals surface area (Å²) in [5, 5.41) is 22.8. The summed E-state index contributed by atoms with van der Waals surface area (Å²) < 4.78 is 2.33. The van der Waals surface area contributed by atoms with Crippen LogP contribution in [-0.4, -0.2) is 34.7 Å². The number of nitriles is 2. The summed E-state index contributed by atoms with van der Waals surface area (Å²) in [6.45, 7) is 1.84. The molecule has 0 unspecified atom stereocenters. The van der Waals surface area contributed by atoms with Crippen LogP contribution in [0, 0.1) is 29.6 Å². The molecule has 0 radical (unpaired) electrons. The Hall–Kier alpha value is -2.73. The summed E-state index contributed by atoms with van der Waals surface area (Å²) >= 11 is -0.194. The molecule has 0 atom stereocenters. The van der Waals surface area contributed by atoms with Crippen LogP contribution in [0.2, 0.25) is 5.32 Å². The first-order chi connectivity index (χ1) is 10.7. The van der Waals surface area contributed by atoms with Gasteiger partial charge in [0.1, 0.15) is 0 Å². The summed E-state index contributed by atoms with van der Waals surface area (Å²) in [7, 11) is 0. The van der Waals surface area contributed by atoms with Gasteiger partial charge in [0.25, 0.3) is 0 Å². The summed E-state index contributed by atoms with van der Waals surface area (Å²) in [6.07, 6.45) is 0. The molecule has 0 saturated carbocycles. The van der Waals surface area contributed by atoms with E-state index in [9.17, 15) is 5.26 Å². The Morgan fingerprint density at radius 2 is 1.95 bits per heavy atom. The Balaban J connectivity index is 2.24. The van der Waals surface area contributed by atoms with Crippen molar-refractivity contribution in [1.29, 1.82) is 10.5 Å². The van der Waals surface area contributed by atoms with Gasteiger partial charge >= 0.3 is 133 Å². The zero-order valence-electron chi connectivity index (χ0n) is 11.7. The van der Waals surface area contributed by atoms with Crippen LogP contribution < -0.4 is 4.59 Å². The minimum absolute atomic E-state index is 0.194. The standard InChI is InChI=1S/C15H10N6Se/c1-10-13-14(21(20-10)11-5-3-2-4-6-11)19-15(22-8-7-16)12(9-17)18-13/h2-6H,8H2,1H3. The summed E-state index contributed by atoms with van der Waals surface area (Å²) in [5.41, 5.74) is 3.15. The molecule has 0 spiro atoms. The van der Waals surface area contributed by atoms with Gasteiger partial charge in [-0.25, -0.2) is 0 Å². The monoisotopic (exact) mass is 354 g/mol. The number of benzene rings is 1.